The first-order chi connectivity index (χ1) is 8.81. The fourth-order valence-electron chi connectivity index (χ4n) is 2.80. The Morgan fingerprint density at radius 3 is 2.50 bits per heavy atom. The molecule has 0 aromatic heterocycles. The Bertz CT molecular complexity index is 332. The molecule has 1 aliphatic rings. The maximum absolute atomic E-state index is 5.44. The van der Waals surface area contributed by atoms with Crippen LogP contribution < -0.4 is 5.32 Å². The molecule has 1 heterocycles. The number of hydrogen-bond donors (Lipinski definition) is 1. The summed E-state index contributed by atoms with van der Waals surface area (Å²) in [6.07, 6.45) is 3.52. The van der Waals surface area contributed by atoms with Gasteiger partial charge in [0.15, 0.2) is 0 Å². The average molecular weight is 247 g/mol. The normalized spacial score (nSPS) is 20.6. The quantitative estimate of drug-likeness (QED) is 0.859. The van der Waals surface area contributed by atoms with Crippen LogP contribution in [0.3, 0.4) is 0 Å². The topological polar surface area (TPSA) is 21.3 Å². The Labute approximate surface area is 111 Å². The average Bonchev–Trinajstić information content (AvgIpc) is 2.46. The molecule has 1 N–H and O–H groups in total. The van der Waals surface area contributed by atoms with E-state index in [2.05, 4.69) is 49.5 Å². The van der Waals surface area contributed by atoms with Gasteiger partial charge in [0, 0.05) is 25.3 Å². The van der Waals surface area contributed by atoms with Gasteiger partial charge in [0.05, 0.1) is 0 Å². The van der Waals surface area contributed by atoms with Crippen molar-refractivity contribution in [3.8, 4) is 0 Å². The Hall–Kier alpha value is -0.860. The van der Waals surface area contributed by atoms with Crippen LogP contribution in [0.1, 0.15) is 44.7 Å². The van der Waals surface area contributed by atoms with Crippen LogP contribution in [0, 0.1) is 5.92 Å². The van der Waals surface area contributed by atoms with Gasteiger partial charge < -0.3 is 10.1 Å². The Balaban J connectivity index is 1.93. The van der Waals surface area contributed by atoms with Crippen molar-refractivity contribution < 1.29 is 4.74 Å². The van der Waals surface area contributed by atoms with E-state index in [4.69, 9.17) is 4.74 Å². The molecular weight excluding hydrogens is 222 g/mol. The lowest BCUT2D eigenvalue weighted by molar-refractivity contribution is 0.0543. The van der Waals surface area contributed by atoms with Gasteiger partial charge in [0.25, 0.3) is 0 Å². The van der Waals surface area contributed by atoms with E-state index < -0.39 is 0 Å². The van der Waals surface area contributed by atoms with Crippen molar-refractivity contribution in [1.82, 2.24) is 5.32 Å². The highest BCUT2D eigenvalue weighted by atomic mass is 16.5. The molecule has 0 amide bonds. The highest BCUT2D eigenvalue weighted by Gasteiger charge is 2.22. The van der Waals surface area contributed by atoms with Crippen LogP contribution in [-0.4, -0.2) is 19.3 Å². The molecule has 0 aliphatic carbocycles. The second kappa shape index (κ2) is 6.91. The van der Waals surface area contributed by atoms with Crippen molar-refractivity contribution in [3.05, 3.63) is 35.9 Å². The Kier molecular flexibility index (Phi) is 5.21. The van der Waals surface area contributed by atoms with Crippen molar-refractivity contribution >= 4 is 0 Å². The predicted molar refractivity (Wildman–Crippen MR) is 75.6 cm³/mol. The molecule has 0 bridgehead atoms. The third-order valence-corrected chi connectivity index (χ3v) is 4.05. The summed E-state index contributed by atoms with van der Waals surface area (Å²) in [7, 11) is 0. The van der Waals surface area contributed by atoms with Crippen LogP contribution in [0.2, 0.25) is 0 Å². The van der Waals surface area contributed by atoms with Crippen molar-refractivity contribution in [3.63, 3.8) is 0 Å². The van der Waals surface area contributed by atoms with Gasteiger partial charge >= 0.3 is 0 Å². The smallest absolute Gasteiger partial charge is 0.0469 e. The molecule has 0 radical (unpaired) electrons. The molecule has 100 valence electrons. The summed E-state index contributed by atoms with van der Waals surface area (Å²) >= 11 is 0. The minimum atomic E-state index is 0.476. The van der Waals surface area contributed by atoms with Crippen LogP contribution in [0.15, 0.2) is 30.3 Å². The Morgan fingerprint density at radius 2 is 1.89 bits per heavy atom. The lowest BCUT2D eigenvalue weighted by atomic mass is 9.91. The molecule has 2 nitrogen and oxygen atoms in total. The zero-order chi connectivity index (χ0) is 12.8. The fourth-order valence-corrected chi connectivity index (χ4v) is 2.80. The summed E-state index contributed by atoms with van der Waals surface area (Å²) < 4.78 is 5.44. The largest absolute Gasteiger partial charge is 0.381 e. The van der Waals surface area contributed by atoms with Crippen molar-refractivity contribution in [1.29, 1.82) is 0 Å². The summed E-state index contributed by atoms with van der Waals surface area (Å²) in [6, 6.07) is 11.8. The van der Waals surface area contributed by atoms with E-state index in [0.29, 0.717) is 12.1 Å². The number of rotatable bonds is 5. The van der Waals surface area contributed by atoms with Crippen LogP contribution in [0.4, 0.5) is 0 Å². The zero-order valence-electron chi connectivity index (χ0n) is 11.6. The molecule has 1 saturated heterocycles. The molecule has 1 fully saturated rings. The summed E-state index contributed by atoms with van der Waals surface area (Å²) in [5, 5.41) is 3.80. The maximum atomic E-state index is 5.44. The van der Waals surface area contributed by atoms with Crippen LogP contribution in [-0.2, 0) is 4.74 Å². The predicted octanol–water partition coefficient (Wildman–Crippen LogP) is 3.54. The molecule has 1 aliphatic heterocycles. The van der Waals surface area contributed by atoms with Crippen LogP contribution >= 0.6 is 0 Å². The molecular formula is C16H25NO. The van der Waals surface area contributed by atoms with Crippen molar-refractivity contribution in [2.75, 3.05) is 13.2 Å². The second-order valence-electron chi connectivity index (χ2n) is 5.28. The van der Waals surface area contributed by atoms with Gasteiger partial charge in [0.1, 0.15) is 0 Å². The molecule has 2 atom stereocenters. The molecule has 18 heavy (non-hydrogen) atoms. The van der Waals surface area contributed by atoms with Gasteiger partial charge in [-0.15, -0.1) is 0 Å². The third kappa shape index (κ3) is 3.56. The van der Waals surface area contributed by atoms with E-state index in [9.17, 15) is 0 Å². The summed E-state index contributed by atoms with van der Waals surface area (Å²) in [5.74, 6) is 0.761. The van der Waals surface area contributed by atoms with E-state index in [1.165, 1.54) is 18.4 Å². The molecule has 1 aromatic rings. The zero-order valence-corrected chi connectivity index (χ0v) is 11.6. The van der Waals surface area contributed by atoms with Gasteiger partial charge in [-0.25, -0.2) is 0 Å². The van der Waals surface area contributed by atoms with Gasteiger partial charge in [-0.05, 0) is 37.7 Å². The van der Waals surface area contributed by atoms with E-state index in [1.54, 1.807) is 0 Å². The standard InChI is InChI=1S/C16H25NO/c1-3-16(15-7-5-4-6-8-15)17-13(2)14-9-11-18-12-10-14/h4-8,13-14,16-17H,3,9-12H2,1-2H3. The molecule has 0 spiro atoms. The maximum Gasteiger partial charge on any atom is 0.0469 e. The van der Waals surface area contributed by atoms with E-state index in [0.717, 1.165) is 25.6 Å². The lowest BCUT2D eigenvalue weighted by Crippen LogP contribution is -2.38. The second-order valence-corrected chi connectivity index (χ2v) is 5.28. The minimum absolute atomic E-state index is 0.476. The number of hydrogen-bond acceptors (Lipinski definition) is 2. The number of nitrogens with one attached hydrogen (secondary N) is 1. The summed E-state index contributed by atoms with van der Waals surface area (Å²) in [5.41, 5.74) is 1.40. The highest BCUT2D eigenvalue weighted by Crippen LogP contribution is 2.23. The monoisotopic (exact) mass is 247 g/mol. The van der Waals surface area contributed by atoms with Crippen LogP contribution in [0.5, 0.6) is 0 Å². The molecule has 1 aromatic carbocycles. The third-order valence-electron chi connectivity index (χ3n) is 4.05. The van der Waals surface area contributed by atoms with Crippen LogP contribution in [0.25, 0.3) is 0 Å². The van der Waals surface area contributed by atoms with E-state index in [-0.39, 0.29) is 0 Å². The fraction of sp³-hybridized carbons (Fsp3) is 0.625. The molecule has 0 saturated carbocycles. The lowest BCUT2D eigenvalue weighted by Gasteiger charge is -2.31. The van der Waals surface area contributed by atoms with Crippen molar-refractivity contribution in [2.24, 2.45) is 5.92 Å². The Morgan fingerprint density at radius 1 is 1.22 bits per heavy atom. The minimum Gasteiger partial charge on any atom is -0.381 e. The number of benzene rings is 1. The van der Waals surface area contributed by atoms with E-state index >= 15 is 0 Å². The number of ether oxygens (including phenoxy) is 1. The van der Waals surface area contributed by atoms with E-state index in [1.807, 2.05) is 0 Å². The summed E-state index contributed by atoms with van der Waals surface area (Å²) in [6.45, 7) is 6.43. The summed E-state index contributed by atoms with van der Waals surface area (Å²) in [4.78, 5) is 0. The molecule has 2 heteroatoms. The molecule has 2 rings (SSSR count). The SMILES string of the molecule is CCC(NC(C)C1CCOCC1)c1ccccc1. The van der Waals surface area contributed by atoms with Gasteiger partial charge in [0.2, 0.25) is 0 Å². The van der Waals surface area contributed by atoms with Gasteiger partial charge in [-0.1, -0.05) is 37.3 Å². The first-order valence-electron chi connectivity index (χ1n) is 7.20. The molecule has 2 unspecified atom stereocenters. The van der Waals surface area contributed by atoms with Crippen molar-refractivity contribution in [2.45, 2.75) is 45.2 Å². The van der Waals surface area contributed by atoms with Gasteiger partial charge in [-0.2, -0.15) is 0 Å². The van der Waals surface area contributed by atoms with Gasteiger partial charge in [-0.3, -0.25) is 0 Å². The first kappa shape index (κ1) is 13.6. The highest BCUT2D eigenvalue weighted by molar-refractivity contribution is 5.18. The first-order valence-corrected chi connectivity index (χ1v) is 7.20.